The third-order valence-corrected chi connectivity index (χ3v) is 5.94. The standard InChI is InChI=1S/C20H25N3O5S/c1-14(28-20(25)15-8-6-10-17(12-15)22(2)3)19(24)21-16-9-7-11-18(13-16)29(26,27)23(4)5/h6-14H,1-5H3,(H,21,24)/t14-/m0/s1. The number of hydrogen-bond donors (Lipinski definition) is 1. The molecule has 0 saturated heterocycles. The lowest BCUT2D eigenvalue weighted by molar-refractivity contribution is -0.123. The zero-order valence-corrected chi connectivity index (χ0v) is 17.9. The number of nitrogens with one attached hydrogen (secondary N) is 1. The molecule has 0 aliphatic rings. The Balaban J connectivity index is 2.08. The van der Waals surface area contributed by atoms with Gasteiger partial charge in [-0.05, 0) is 43.3 Å². The third-order valence-electron chi connectivity index (χ3n) is 4.13. The molecule has 2 aromatic rings. The lowest BCUT2D eigenvalue weighted by Crippen LogP contribution is -2.30. The summed E-state index contributed by atoms with van der Waals surface area (Å²) in [6.07, 6.45) is -1.07. The number of ether oxygens (including phenoxy) is 1. The van der Waals surface area contributed by atoms with Gasteiger partial charge in [0.25, 0.3) is 5.91 Å². The second-order valence-electron chi connectivity index (χ2n) is 6.80. The summed E-state index contributed by atoms with van der Waals surface area (Å²) in [5, 5.41) is 2.57. The largest absolute Gasteiger partial charge is 0.449 e. The predicted octanol–water partition coefficient (Wildman–Crippen LogP) is 2.19. The number of sulfonamides is 1. The van der Waals surface area contributed by atoms with Crippen molar-refractivity contribution >= 4 is 33.3 Å². The minimum absolute atomic E-state index is 0.0467. The highest BCUT2D eigenvalue weighted by atomic mass is 32.2. The van der Waals surface area contributed by atoms with Crippen molar-refractivity contribution in [2.75, 3.05) is 38.4 Å². The Hall–Kier alpha value is -2.91. The van der Waals surface area contributed by atoms with Crippen LogP contribution in [0.1, 0.15) is 17.3 Å². The van der Waals surface area contributed by atoms with Gasteiger partial charge in [0.2, 0.25) is 10.0 Å². The van der Waals surface area contributed by atoms with E-state index in [1.165, 1.54) is 39.2 Å². The molecule has 0 fully saturated rings. The number of rotatable bonds is 7. The zero-order valence-electron chi connectivity index (χ0n) is 17.0. The Morgan fingerprint density at radius 1 is 1.00 bits per heavy atom. The fraction of sp³-hybridized carbons (Fsp3) is 0.300. The molecule has 1 atom stereocenters. The van der Waals surface area contributed by atoms with E-state index in [0.29, 0.717) is 5.56 Å². The lowest BCUT2D eigenvalue weighted by atomic mass is 10.2. The fourth-order valence-corrected chi connectivity index (χ4v) is 3.33. The maximum atomic E-state index is 12.4. The molecule has 0 radical (unpaired) electrons. The van der Waals surface area contributed by atoms with Crippen LogP contribution in [0.15, 0.2) is 53.4 Å². The van der Waals surface area contributed by atoms with Crippen molar-refractivity contribution in [2.24, 2.45) is 0 Å². The van der Waals surface area contributed by atoms with Gasteiger partial charge in [0, 0.05) is 39.6 Å². The van der Waals surface area contributed by atoms with Crippen molar-refractivity contribution in [3.05, 3.63) is 54.1 Å². The molecule has 0 aromatic heterocycles. The highest BCUT2D eigenvalue weighted by Crippen LogP contribution is 2.19. The minimum Gasteiger partial charge on any atom is -0.449 e. The van der Waals surface area contributed by atoms with E-state index in [1.807, 2.05) is 25.1 Å². The number of carbonyl (C=O) groups excluding carboxylic acids is 2. The monoisotopic (exact) mass is 419 g/mol. The zero-order chi connectivity index (χ0) is 21.8. The average molecular weight is 420 g/mol. The topological polar surface area (TPSA) is 96.0 Å². The second kappa shape index (κ2) is 9.06. The van der Waals surface area contributed by atoms with Crippen molar-refractivity contribution in [3.8, 4) is 0 Å². The van der Waals surface area contributed by atoms with Crippen molar-refractivity contribution in [1.82, 2.24) is 4.31 Å². The second-order valence-corrected chi connectivity index (χ2v) is 8.95. The number of esters is 1. The Kier molecular flexibility index (Phi) is 6.99. The van der Waals surface area contributed by atoms with E-state index >= 15 is 0 Å². The van der Waals surface area contributed by atoms with Crippen LogP contribution in [-0.2, 0) is 19.6 Å². The van der Waals surface area contributed by atoms with Crippen LogP contribution in [0.4, 0.5) is 11.4 Å². The van der Waals surface area contributed by atoms with E-state index in [-0.39, 0.29) is 10.6 Å². The summed E-state index contributed by atoms with van der Waals surface area (Å²) >= 11 is 0. The number of benzene rings is 2. The first-order valence-electron chi connectivity index (χ1n) is 8.84. The van der Waals surface area contributed by atoms with Gasteiger partial charge in [-0.25, -0.2) is 17.5 Å². The minimum atomic E-state index is -3.63. The van der Waals surface area contributed by atoms with Gasteiger partial charge in [-0.15, -0.1) is 0 Å². The number of amides is 1. The number of anilines is 2. The Labute approximate surface area is 171 Å². The Bertz CT molecular complexity index is 1000. The predicted molar refractivity (Wildman–Crippen MR) is 112 cm³/mol. The van der Waals surface area contributed by atoms with E-state index in [4.69, 9.17) is 4.74 Å². The Morgan fingerprint density at radius 2 is 1.66 bits per heavy atom. The van der Waals surface area contributed by atoms with Crippen LogP contribution in [0, 0.1) is 0 Å². The molecule has 2 rings (SSSR count). The van der Waals surface area contributed by atoms with Crippen LogP contribution in [0.5, 0.6) is 0 Å². The normalized spacial score (nSPS) is 12.3. The lowest BCUT2D eigenvalue weighted by Gasteiger charge is -2.16. The van der Waals surface area contributed by atoms with Gasteiger partial charge in [0.15, 0.2) is 6.10 Å². The molecular formula is C20H25N3O5S. The van der Waals surface area contributed by atoms with E-state index in [9.17, 15) is 18.0 Å². The maximum absolute atomic E-state index is 12.4. The molecule has 1 amide bonds. The molecule has 8 nitrogen and oxygen atoms in total. The first kappa shape index (κ1) is 22.4. The summed E-state index contributed by atoms with van der Waals surface area (Å²) in [5.74, 6) is -1.19. The number of nitrogens with zero attached hydrogens (tertiary/aromatic N) is 2. The van der Waals surface area contributed by atoms with Gasteiger partial charge in [-0.2, -0.15) is 0 Å². The van der Waals surface area contributed by atoms with E-state index in [0.717, 1.165) is 9.99 Å². The van der Waals surface area contributed by atoms with Gasteiger partial charge >= 0.3 is 5.97 Å². The number of carbonyl (C=O) groups is 2. The molecule has 0 aliphatic carbocycles. The summed E-state index contributed by atoms with van der Waals surface area (Å²) in [5.41, 5.74) is 1.45. The highest BCUT2D eigenvalue weighted by Gasteiger charge is 2.21. The van der Waals surface area contributed by atoms with Crippen molar-refractivity contribution in [2.45, 2.75) is 17.9 Å². The summed E-state index contributed by atoms with van der Waals surface area (Å²) in [7, 11) is 2.92. The molecule has 0 aliphatic heterocycles. The van der Waals surface area contributed by atoms with Crippen LogP contribution in [0.2, 0.25) is 0 Å². The Morgan fingerprint density at radius 3 is 2.28 bits per heavy atom. The fourth-order valence-electron chi connectivity index (χ4n) is 2.38. The summed E-state index contributed by atoms with van der Waals surface area (Å²) < 4.78 is 30.8. The van der Waals surface area contributed by atoms with Gasteiger partial charge in [-0.3, -0.25) is 4.79 Å². The third kappa shape index (κ3) is 5.55. The van der Waals surface area contributed by atoms with Crippen LogP contribution in [-0.4, -0.2) is 58.9 Å². The molecule has 156 valence electrons. The SMILES string of the molecule is C[C@H](OC(=O)c1cccc(N(C)C)c1)C(=O)Nc1cccc(S(=O)(=O)N(C)C)c1. The molecule has 0 saturated carbocycles. The van der Waals surface area contributed by atoms with Crippen molar-refractivity contribution in [3.63, 3.8) is 0 Å². The van der Waals surface area contributed by atoms with Crippen LogP contribution in [0.3, 0.4) is 0 Å². The van der Waals surface area contributed by atoms with Gasteiger partial charge in [0.1, 0.15) is 0 Å². The molecule has 1 N–H and O–H groups in total. The molecule has 9 heteroatoms. The molecular weight excluding hydrogens is 394 g/mol. The quantitative estimate of drug-likeness (QED) is 0.691. The van der Waals surface area contributed by atoms with E-state index < -0.39 is 28.0 Å². The first-order chi connectivity index (χ1) is 13.5. The van der Waals surface area contributed by atoms with Crippen molar-refractivity contribution < 1.29 is 22.7 Å². The van der Waals surface area contributed by atoms with E-state index in [1.54, 1.807) is 24.3 Å². The highest BCUT2D eigenvalue weighted by molar-refractivity contribution is 7.89. The maximum Gasteiger partial charge on any atom is 0.338 e. The molecule has 0 bridgehead atoms. The molecule has 0 unspecified atom stereocenters. The van der Waals surface area contributed by atoms with Crippen molar-refractivity contribution in [1.29, 1.82) is 0 Å². The first-order valence-corrected chi connectivity index (χ1v) is 10.3. The van der Waals surface area contributed by atoms with E-state index in [2.05, 4.69) is 5.32 Å². The smallest absolute Gasteiger partial charge is 0.338 e. The van der Waals surface area contributed by atoms with Crippen LogP contribution >= 0.6 is 0 Å². The number of hydrogen-bond acceptors (Lipinski definition) is 6. The van der Waals surface area contributed by atoms with Crippen LogP contribution < -0.4 is 10.2 Å². The molecule has 2 aromatic carbocycles. The molecule has 0 spiro atoms. The molecule has 0 heterocycles. The molecule has 29 heavy (non-hydrogen) atoms. The summed E-state index contributed by atoms with van der Waals surface area (Å²) in [4.78, 5) is 26.6. The average Bonchev–Trinajstić information content (AvgIpc) is 2.67. The van der Waals surface area contributed by atoms with Gasteiger partial charge in [-0.1, -0.05) is 12.1 Å². The van der Waals surface area contributed by atoms with Crippen LogP contribution in [0.25, 0.3) is 0 Å². The van der Waals surface area contributed by atoms with Gasteiger partial charge < -0.3 is 15.0 Å². The van der Waals surface area contributed by atoms with Gasteiger partial charge in [0.05, 0.1) is 10.5 Å². The summed E-state index contributed by atoms with van der Waals surface area (Å²) in [6, 6.07) is 12.7. The summed E-state index contributed by atoms with van der Waals surface area (Å²) in [6.45, 7) is 1.45.